The smallest absolute Gasteiger partial charge is 0.323 e. The number of aromatic nitrogens is 2. The Morgan fingerprint density at radius 1 is 1.22 bits per heavy atom. The molecule has 0 atom stereocenters. The molecule has 1 aromatic carbocycles. The van der Waals surface area contributed by atoms with Gasteiger partial charge in [0.15, 0.2) is 0 Å². The van der Waals surface area contributed by atoms with Gasteiger partial charge in [0.25, 0.3) is 5.91 Å². The summed E-state index contributed by atoms with van der Waals surface area (Å²) >= 11 is 0. The van der Waals surface area contributed by atoms with E-state index in [9.17, 15) is 9.59 Å². The van der Waals surface area contributed by atoms with Crippen LogP contribution < -0.4 is 0 Å². The summed E-state index contributed by atoms with van der Waals surface area (Å²) in [6, 6.07) is 11.0. The molecule has 0 saturated carbocycles. The summed E-state index contributed by atoms with van der Waals surface area (Å²) in [6.45, 7) is 5.88. The van der Waals surface area contributed by atoms with Gasteiger partial charge in [-0.15, -0.1) is 0 Å². The number of aromatic amines is 1. The molecule has 1 aromatic heterocycles. The molecule has 0 fully saturated rings. The Morgan fingerprint density at radius 2 is 1.87 bits per heavy atom. The third kappa shape index (κ3) is 4.42. The monoisotopic (exact) mass is 315 g/mol. The van der Waals surface area contributed by atoms with Crippen molar-refractivity contribution >= 4 is 11.9 Å². The van der Waals surface area contributed by atoms with Gasteiger partial charge in [-0.05, 0) is 11.6 Å². The number of benzene rings is 1. The normalized spacial score (nSPS) is 11.3. The molecular weight excluding hydrogens is 294 g/mol. The second-order valence-corrected chi connectivity index (χ2v) is 6.46. The highest BCUT2D eigenvalue weighted by atomic mass is 16.4. The van der Waals surface area contributed by atoms with E-state index in [1.165, 1.54) is 4.90 Å². The first kappa shape index (κ1) is 16.7. The van der Waals surface area contributed by atoms with Crippen molar-refractivity contribution in [3.8, 4) is 0 Å². The Bertz CT molecular complexity index is 687. The quantitative estimate of drug-likeness (QED) is 0.887. The van der Waals surface area contributed by atoms with E-state index in [-0.39, 0.29) is 24.2 Å². The SMILES string of the molecule is CC(C)(C)c1cc(C(=O)N(CC(=O)O)Cc2ccccc2)n[nH]1. The van der Waals surface area contributed by atoms with Crippen LogP contribution in [0.3, 0.4) is 0 Å². The van der Waals surface area contributed by atoms with Crippen molar-refractivity contribution in [2.75, 3.05) is 6.54 Å². The van der Waals surface area contributed by atoms with Crippen molar-refractivity contribution in [1.29, 1.82) is 0 Å². The van der Waals surface area contributed by atoms with Gasteiger partial charge in [-0.3, -0.25) is 14.7 Å². The highest BCUT2D eigenvalue weighted by molar-refractivity contribution is 5.94. The highest BCUT2D eigenvalue weighted by Gasteiger charge is 2.24. The lowest BCUT2D eigenvalue weighted by molar-refractivity contribution is -0.137. The van der Waals surface area contributed by atoms with Crippen LogP contribution in [0.4, 0.5) is 0 Å². The van der Waals surface area contributed by atoms with Gasteiger partial charge in [0.1, 0.15) is 12.2 Å². The third-order valence-electron chi connectivity index (χ3n) is 3.43. The van der Waals surface area contributed by atoms with Crippen molar-refractivity contribution in [1.82, 2.24) is 15.1 Å². The van der Waals surface area contributed by atoms with Crippen LogP contribution in [-0.2, 0) is 16.8 Å². The number of carbonyl (C=O) groups excluding carboxylic acids is 1. The summed E-state index contributed by atoms with van der Waals surface area (Å²) in [5.74, 6) is -1.45. The van der Waals surface area contributed by atoms with Gasteiger partial charge in [-0.2, -0.15) is 5.10 Å². The number of rotatable bonds is 5. The Kier molecular flexibility index (Phi) is 4.83. The van der Waals surface area contributed by atoms with E-state index >= 15 is 0 Å². The van der Waals surface area contributed by atoms with Crippen molar-refractivity contribution in [3.05, 3.63) is 53.3 Å². The van der Waals surface area contributed by atoms with Crippen LogP contribution in [0, 0.1) is 0 Å². The van der Waals surface area contributed by atoms with E-state index < -0.39 is 11.9 Å². The molecule has 0 aliphatic rings. The van der Waals surface area contributed by atoms with Crippen LogP contribution in [0.1, 0.15) is 42.5 Å². The summed E-state index contributed by atoms with van der Waals surface area (Å²) in [4.78, 5) is 25.0. The molecule has 0 saturated heterocycles. The van der Waals surface area contributed by atoms with E-state index in [0.717, 1.165) is 11.3 Å². The molecule has 122 valence electrons. The number of nitrogens with zero attached hydrogens (tertiary/aromatic N) is 2. The van der Waals surface area contributed by atoms with Gasteiger partial charge in [0, 0.05) is 17.7 Å². The van der Waals surface area contributed by atoms with Crippen molar-refractivity contribution in [2.45, 2.75) is 32.7 Å². The Labute approximate surface area is 135 Å². The molecule has 6 heteroatoms. The van der Waals surface area contributed by atoms with Crippen LogP contribution in [-0.4, -0.2) is 38.6 Å². The Morgan fingerprint density at radius 3 is 2.39 bits per heavy atom. The first-order valence-electron chi connectivity index (χ1n) is 7.38. The third-order valence-corrected chi connectivity index (χ3v) is 3.43. The van der Waals surface area contributed by atoms with E-state index in [4.69, 9.17) is 5.11 Å². The summed E-state index contributed by atoms with van der Waals surface area (Å²) in [7, 11) is 0. The fourth-order valence-electron chi connectivity index (χ4n) is 2.14. The lowest BCUT2D eigenvalue weighted by Gasteiger charge is -2.19. The van der Waals surface area contributed by atoms with E-state index in [1.807, 2.05) is 51.1 Å². The molecule has 2 N–H and O–H groups in total. The molecule has 0 unspecified atom stereocenters. The van der Waals surface area contributed by atoms with Crippen LogP contribution in [0.5, 0.6) is 0 Å². The van der Waals surface area contributed by atoms with Crippen LogP contribution in [0.25, 0.3) is 0 Å². The number of aliphatic carboxylic acids is 1. The average Bonchev–Trinajstić information content (AvgIpc) is 2.96. The molecule has 1 amide bonds. The minimum Gasteiger partial charge on any atom is -0.480 e. The van der Waals surface area contributed by atoms with Crippen molar-refractivity contribution in [3.63, 3.8) is 0 Å². The van der Waals surface area contributed by atoms with Crippen LogP contribution in [0.15, 0.2) is 36.4 Å². The summed E-state index contributed by atoms with van der Waals surface area (Å²) < 4.78 is 0. The number of nitrogens with one attached hydrogen (secondary N) is 1. The number of carboxylic acids is 1. The van der Waals surface area contributed by atoms with Gasteiger partial charge in [-0.25, -0.2) is 0 Å². The lowest BCUT2D eigenvalue weighted by atomic mass is 9.92. The summed E-state index contributed by atoms with van der Waals surface area (Å²) in [5, 5.41) is 16.0. The van der Waals surface area contributed by atoms with Gasteiger partial charge < -0.3 is 10.0 Å². The maximum Gasteiger partial charge on any atom is 0.323 e. The molecular formula is C17H21N3O3. The molecule has 0 aliphatic heterocycles. The van der Waals surface area contributed by atoms with E-state index in [0.29, 0.717) is 0 Å². The molecule has 2 rings (SSSR count). The fraction of sp³-hybridized carbons (Fsp3) is 0.353. The predicted molar refractivity (Wildman–Crippen MR) is 86.1 cm³/mol. The number of carboxylic acid groups (broad SMARTS) is 1. The predicted octanol–water partition coefficient (Wildman–Crippen LogP) is 2.43. The number of amides is 1. The van der Waals surface area contributed by atoms with Gasteiger partial charge in [-0.1, -0.05) is 51.1 Å². The highest BCUT2D eigenvalue weighted by Crippen LogP contribution is 2.21. The Hall–Kier alpha value is -2.63. The van der Waals surface area contributed by atoms with Crippen molar-refractivity contribution < 1.29 is 14.7 Å². The molecule has 0 bridgehead atoms. The molecule has 2 aromatic rings. The second kappa shape index (κ2) is 6.64. The maximum absolute atomic E-state index is 12.6. The van der Waals surface area contributed by atoms with Gasteiger partial charge >= 0.3 is 5.97 Å². The van der Waals surface area contributed by atoms with E-state index in [2.05, 4.69) is 10.2 Å². The molecule has 1 heterocycles. The number of H-pyrrole nitrogens is 1. The maximum atomic E-state index is 12.6. The largest absolute Gasteiger partial charge is 0.480 e. The number of hydrogen-bond donors (Lipinski definition) is 2. The molecule has 0 spiro atoms. The summed E-state index contributed by atoms with van der Waals surface area (Å²) in [6.07, 6.45) is 0. The summed E-state index contributed by atoms with van der Waals surface area (Å²) in [5.41, 5.74) is 1.76. The molecule has 0 aliphatic carbocycles. The van der Waals surface area contributed by atoms with Gasteiger partial charge in [0.2, 0.25) is 0 Å². The van der Waals surface area contributed by atoms with Crippen LogP contribution >= 0.6 is 0 Å². The minimum absolute atomic E-state index is 0.164. The standard InChI is InChI=1S/C17H21N3O3/c1-17(2,3)14-9-13(18-19-14)16(23)20(11-15(21)22)10-12-7-5-4-6-8-12/h4-9H,10-11H2,1-3H3,(H,18,19)(H,21,22). The number of carbonyl (C=O) groups is 2. The minimum atomic E-state index is -1.05. The zero-order valence-electron chi connectivity index (χ0n) is 13.5. The topological polar surface area (TPSA) is 86.3 Å². The first-order chi connectivity index (χ1) is 10.8. The van der Waals surface area contributed by atoms with Crippen LogP contribution in [0.2, 0.25) is 0 Å². The van der Waals surface area contributed by atoms with Gasteiger partial charge in [0.05, 0.1) is 0 Å². The van der Waals surface area contributed by atoms with E-state index in [1.54, 1.807) is 6.07 Å². The second-order valence-electron chi connectivity index (χ2n) is 6.46. The molecule has 0 radical (unpaired) electrons. The van der Waals surface area contributed by atoms with Crippen molar-refractivity contribution in [2.24, 2.45) is 0 Å². The molecule has 23 heavy (non-hydrogen) atoms. The molecule has 6 nitrogen and oxygen atoms in total. The zero-order chi connectivity index (χ0) is 17.0. The number of hydrogen-bond acceptors (Lipinski definition) is 3. The lowest BCUT2D eigenvalue weighted by Crippen LogP contribution is -2.35. The average molecular weight is 315 g/mol. The fourth-order valence-corrected chi connectivity index (χ4v) is 2.14. The Balaban J connectivity index is 2.22. The zero-order valence-corrected chi connectivity index (χ0v) is 13.5. The first-order valence-corrected chi connectivity index (χ1v) is 7.38.